The summed E-state index contributed by atoms with van der Waals surface area (Å²) in [7, 11) is -4.25. The molecular formula is C16H21NO4S2. The maximum absolute atomic E-state index is 11.1. The van der Waals surface area contributed by atoms with Gasteiger partial charge in [0.15, 0.2) is 6.54 Å². The summed E-state index contributed by atoms with van der Waals surface area (Å²) in [6.45, 7) is 6.34. The number of allylic oxidation sites excluding steroid dienone is 1. The van der Waals surface area contributed by atoms with Gasteiger partial charge in [-0.15, -0.1) is 0 Å². The van der Waals surface area contributed by atoms with E-state index in [1.165, 1.54) is 6.92 Å². The zero-order valence-corrected chi connectivity index (χ0v) is 15.1. The van der Waals surface area contributed by atoms with Crippen LogP contribution in [0, 0.1) is 0 Å². The van der Waals surface area contributed by atoms with E-state index in [0.717, 1.165) is 21.0 Å². The number of hydrogen-bond acceptors (Lipinski definition) is 5. The van der Waals surface area contributed by atoms with Crippen molar-refractivity contribution in [2.75, 3.05) is 6.61 Å². The number of rotatable bonds is 7. The van der Waals surface area contributed by atoms with Crippen LogP contribution in [0.4, 0.5) is 0 Å². The quantitative estimate of drug-likeness (QED) is 0.435. The van der Waals surface area contributed by atoms with E-state index in [9.17, 15) is 13.0 Å². The number of ether oxygens (including phenoxy) is 1. The molecule has 5 nitrogen and oxygen atoms in total. The van der Waals surface area contributed by atoms with E-state index in [4.69, 9.17) is 4.74 Å². The van der Waals surface area contributed by atoms with Crippen molar-refractivity contribution in [1.82, 2.24) is 0 Å². The third kappa shape index (κ3) is 4.53. The van der Waals surface area contributed by atoms with Crippen LogP contribution in [0.1, 0.15) is 32.2 Å². The Balaban J connectivity index is 2.37. The molecule has 1 unspecified atom stereocenters. The SMILES string of the molecule is CCO/C(C)=C/c1sc2ccccc2[n+]1CCC(C)S(=O)(=O)[O-]. The first-order valence-corrected chi connectivity index (χ1v) is 9.79. The summed E-state index contributed by atoms with van der Waals surface area (Å²) < 4.78 is 42.0. The predicted molar refractivity (Wildman–Crippen MR) is 91.1 cm³/mol. The zero-order valence-electron chi connectivity index (χ0n) is 13.5. The van der Waals surface area contributed by atoms with Gasteiger partial charge >= 0.3 is 0 Å². The molecule has 0 N–H and O–H groups in total. The second kappa shape index (κ2) is 7.42. The number of aromatic nitrogens is 1. The largest absolute Gasteiger partial charge is 0.748 e. The van der Waals surface area contributed by atoms with Crippen LogP contribution in [-0.4, -0.2) is 24.8 Å². The fourth-order valence-corrected chi connectivity index (χ4v) is 3.86. The molecule has 1 heterocycles. The molecule has 0 fully saturated rings. The number of benzene rings is 1. The Morgan fingerprint density at radius 2 is 2.13 bits per heavy atom. The van der Waals surface area contributed by atoms with Crippen LogP contribution in [0.2, 0.25) is 0 Å². The van der Waals surface area contributed by atoms with Gasteiger partial charge in [0, 0.05) is 12.5 Å². The first-order chi connectivity index (χ1) is 10.8. The molecule has 0 saturated heterocycles. The van der Waals surface area contributed by atoms with Gasteiger partial charge < -0.3 is 9.29 Å². The smallest absolute Gasteiger partial charge is 0.266 e. The van der Waals surface area contributed by atoms with E-state index < -0.39 is 15.4 Å². The molecule has 0 amide bonds. The van der Waals surface area contributed by atoms with Gasteiger partial charge in [-0.05, 0) is 26.8 Å². The average Bonchev–Trinajstić information content (AvgIpc) is 2.81. The molecule has 2 aromatic rings. The number of nitrogens with zero attached hydrogens (tertiary/aromatic N) is 1. The molecule has 0 spiro atoms. The van der Waals surface area contributed by atoms with Gasteiger partial charge in [-0.2, -0.15) is 4.57 Å². The summed E-state index contributed by atoms with van der Waals surface area (Å²) in [6, 6.07) is 7.94. The van der Waals surface area contributed by atoms with Gasteiger partial charge in [-0.1, -0.05) is 23.5 Å². The highest BCUT2D eigenvalue weighted by Crippen LogP contribution is 2.22. The van der Waals surface area contributed by atoms with Crippen molar-refractivity contribution in [3.63, 3.8) is 0 Å². The Kier molecular flexibility index (Phi) is 5.78. The van der Waals surface area contributed by atoms with E-state index in [1.807, 2.05) is 48.8 Å². The number of aryl methyl sites for hydroxylation is 1. The fraction of sp³-hybridized carbons (Fsp3) is 0.438. The molecule has 126 valence electrons. The van der Waals surface area contributed by atoms with Crippen molar-refractivity contribution in [3.05, 3.63) is 35.0 Å². The minimum absolute atomic E-state index is 0.283. The van der Waals surface area contributed by atoms with Crippen molar-refractivity contribution >= 4 is 37.7 Å². The highest BCUT2D eigenvalue weighted by atomic mass is 32.2. The first kappa shape index (κ1) is 17.9. The second-order valence-corrected chi connectivity index (χ2v) is 8.19. The third-order valence-electron chi connectivity index (χ3n) is 3.59. The molecule has 1 aromatic carbocycles. The summed E-state index contributed by atoms with van der Waals surface area (Å²) in [5.74, 6) is 0.803. The Hall–Kier alpha value is -1.44. The Morgan fingerprint density at radius 3 is 2.78 bits per heavy atom. The Bertz CT molecular complexity index is 809. The van der Waals surface area contributed by atoms with Crippen LogP contribution >= 0.6 is 11.3 Å². The Morgan fingerprint density at radius 1 is 1.43 bits per heavy atom. The van der Waals surface area contributed by atoms with Crippen molar-refractivity contribution in [3.8, 4) is 0 Å². The highest BCUT2D eigenvalue weighted by molar-refractivity contribution is 7.86. The molecule has 1 atom stereocenters. The lowest BCUT2D eigenvalue weighted by Crippen LogP contribution is -2.37. The number of para-hydroxylation sites is 1. The van der Waals surface area contributed by atoms with E-state index in [0.29, 0.717) is 13.2 Å². The first-order valence-electron chi connectivity index (χ1n) is 7.50. The lowest BCUT2D eigenvalue weighted by molar-refractivity contribution is -0.669. The maximum Gasteiger partial charge on any atom is 0.266 e. The van der Waals surface area contributed by atoms with Crippen LogP contribution in [0.15, 0.2) is 30.0 Å². The van der Waals surface area contributed by atoms with Crippen LogP contribution in [0.5, 0.6) is 0 Å². The second-order valence-electron chi connectivity index (χ2n) is 5.34. The Labute approximate surface area is 141 Å². The summed E-state index contributed by atoms with van der Waals surface area (Å²) >= 11 is 1.62. The summed E-state index contributed by atoms with van der Waals surface area (Å²) in [6.07, 6.45) is 2.23. The fourth-order valence-electron chi connectivity index (χ4n) is 2.29. The minimum atomic E-state index is -4.25. The van der Waals surface area contributed by atoms with E-state index >= 15 is 0 Å². The lowest BCUT2D eigenvalue weighted by Gasteiger charge is -2.13. The molecule has 0 saturated carbocycles. The van der Waals surface area contributed by atoms with Crippen LogP contribution in [-0.2, 0) is 21.4 Å². The number of fused-ring (bicyclic) bond motifs is 1. The van der Waals surface area contributed by atoms with Crippen molar-refractivity contribution < 1.29 is 22.3 Å². The number of thiazole rings is 1. The van der Waals surface area contributed by atoms with Gasteiger partial charge in [0.1, 0.15) is 10.5 Å². The average molecular weight is 355 g/mol. The van der Waals surface area contributed by atoms with Crippen LogP contribution in [0.25, 0.3) is 16.3 Å². The van der Waals surface area contributed by atoms with Crippen molar-refractivity contribution in [1.29, 1.82) is 0 Å². The van der Waals surface area contributed by atoms with E-state index in [-0.39, 0.29) is 6.42 Å². The van der Waals surface area contributed by atoms with Crippen molar-refractivity contribution in [2.24, 2.45) is 0 Å². The maximum atomic E-state index is 11.1. The van der Waals surface area contributed by atoms with Gasteiger partial charge in [-0.25, -0.2) is 8.42 Å². The van der Waals surface area contributed by atoms with Crippen LogP contribution in [0.3, 0.4) is 0 Å². The standard InChI is InChI=1S/C16H21NO4S2/c1-4-21-12(2)11-16-17(10-9-13(3)23(18,19)20)14-7-5-6-8-15(14)22-16/h5-8,11,13H,4,9-10H2,1-3H3/b12-11+. The van der Waals surface area contributed by atoms with Gasteiger partial charge in [0.05, 0.1) is 28.1 Å². The van der Waals surface area contributed by atoms with Crippen LogP contribution < -0.4 is 4.57 Å². The molecule has 0 aliphatic carbocycles. The van der Waals surface area contributed by atoms with Gasteiger partial charge in [0.25, 0.3) is 5.01 Å². The molecule has 1 aromatic heterocycles. The van der Waals surface area contributed by atoms with E-state index in [2.05, 4.69) is 0 Å². The normalized spacial score (nSPS) is 14.2. The molecule has 0 aliphatic heterocycles. The molecule has 23 heavy (non-hydrogen) atoms. The zero-order chi connectivity index (χ0) is 17.0. The molecule has 7 heteroatoms. The molecule has 2 rings (SSSR count). The topological polar surface area (TPSA) is 70.3 Å². The molecular weight excluding hydrogens is 334 g/mol. The highest BCUT2D eigenvalue weighted by Gasteiger charge is 2.21. The monoisotopic (exact) mass is 355 g/mol. The van der Waals surface area contributed by atoms with Gasteiger partial charge in [-0.3, -0.25) is 0 Å². The third-order valence-corrected chi connectivity index (χ3v) is 5.92. The summed E-state index contributed by atoms with van der Waals surface area (Å²) in [4.78, 5) is 0. The number of hydrogen-bond donors (Lipinski definition) is 0. The van der Waals surface area contributed by atoms with Gasteiger partial charge in [0.2, 0.25) is 5.52 Å². The minimum Gasteiger partial charge on any atom is -0.748 e. The lowest BCUT2D eigenvalue weighted by atomic mass is 10.3. The molecule has 0 bridgehead atoms. The predicted octanol–water partition coefficient (Wildman–Crippen LogP) is 2.91. The molecule has 0 aliphatic rings. The van der Waals surface area contributed by atoms with E-state index in [1.54, 1.807) is 11.3 Å². The molecule has 0 radical (unpaired) electrons. The van der Waals surface area contributed by atoms with Crippen molar-refractivity contribution in [2.45, 2.75) is 39.0 Å². The summed E-state index contributed by atoms with van der Waals surface area (Å²) in [5.41, 5.74) is 1.03. The summed E-state index contributed by atoms with van der Waals surface area (Å²) in [5, 5.41) is 0.0751.